The second-order valence-corrected chi connectivity index (χ2v) is 5.52. The van der Waals surface area contributed by atoms with Crippen LogP contribution in [-0.2, 0) is 0 Å². The Bertz CT molecular complexity index is 842. The molecular formula is C20H19N3O2. The molecule has 2 aromatic carbocycles. The van der Waals surface area contributed by atoms with Gasteiger partial charge in [0.1, 0.15) is 0 Å². The Kier molecular flexibility index (Phi) is 5.26. The van der Waals surface area contributed by atoms with Crippen LogP contribution < -0.4 is 10.6 Å². The van der Waals surface area contributed by atoms with Gasteiger partial charge in [-0.15, -0.1) is 0 Å². The molecule has 2 amide bonds. The minimum atomic E-state index is -0.164. The summed E-state index contributed by atoms with van der Waals surface area (Å²) in [4.78, 5) is 24.2. The van der Waals surface area contributed by atoms with Gasteiger partial charge in [0.05, 0.1) is 0 Å². The van der Waals surface area contributed by atoms with Crippen LogP contribution >= 0.6 is 0 Å². The minimum Gasteiger partial charge on any atom is -0.350 e. The van der Waals surface area contributed by atoms with Gasteiger partial charge in [0.25, 0.3) is 11.8 Å². The number of aromatic nitrogens is 1. The summed E-state index contributed by atoms with van der Waals surface area (Å²) >= 11 is 0. The molecule has 0 aliphatic heterocycles. The van der Waals surface area contributed by atoms with Gasteiger partial charge in [-0.05, 0) is 42.5 Å². The standard InChI is InChI=1S/C20H19N3O2/c24-19(16-7-2-1-3-8-16)21-11-12-22-20(25)17-9-6-10-18(15-17)23-13-4-5-14-23/h1-10,13-15H,11-12H2,(H,21,24)(H,22,25). The smallest absolute Gasteiger partial charge is 0.251 e. The predicted molar refractivity (Wildman–Crippen MR) is 96.9 cm³/mol. The summed E-state index contributed by atoms with van der Waals surface area (Å²) in [5, 5.41) is 5.60. The Hall–Kier alpha value is -3.34. The quantitative estimate of drug-likeness (QED) is 0.681. The molecule has 0 fully saturated rings. The van der Waals surface area contributed by atoms with Crippen molar-refractivity contribution >= 4 is 11.8 Å². The number of benzene rings is 2. The summed E-state index contributed by atoms with van der Waals surface area (Å²) in [6, 6.07) is 20.2. The first-order chi connectivity index (χ1) is 12.2. The van der Waals surface area contributed by atoms with Crippen LogP contribution in [0.3, 0.4) is 0 Å². The maximum absolute atomic E-state index is 12.2. The molecule has 0 atom stereocenters. The van der Waals surface area contributed by atoms with Crippen molar-refractivity contribution in [2.24, 2.45) is 0 Å². The molecule has 0 radical (unpaired) electrons. The lowest BCUT2D eigenvalue weighted by Gasteiger charge is -2.09. The highest BCUT2D eigenvalue weighted by Crippen LogP contribution is 2.10. The van der Waals surface area contributed by atoms with Crippen LogP contribution in [0.4, 0.5) is 0 Å². The van der Waals surface area contributed by atoms with Crippen molar-refractivity contribution in [3.63, 3.8) is 0 Å². The van der Waals surface area contributed by atoms with Gasteiger partial charge >= 0.3 is 0 Å². The number of nitrogens with one attached hydrogen (secondary N) is 2. The number of hydrogen-bond acceptors (Lipinski definition) is 2. The van der Waals surface area contributed by atoms with E-state index in [0.717, 1.165) is 5.69 Å². The van der Waals surface area contributed by atoms with Gasteiger partial charge in [-0.25, -0.2) is 0 Å². The van der Waals surface area contributed by atoms with E-state index in [2.05, 4.69) is 10.6 Å². The normalized spacial score (nSPS) is 10.2. The van der Waals surface area contributed by atoms with Crippen LogP contribution in [0.5, 0.6) is 0 Å². The van der Waals surface area contributed by atoms with Crippen LogP contribution in [0.2, 0.25) is 0 Å². The Morgan fingerprint density at radius 1 is 0.720 bits per heavy atom. The first kappa shape index (κ1) is 16.5. The molecule has 3 rings (SSSR count). The van der Waals surface area contributed by atoms with Crippen molar-refractivity contribution in [3.8, 4) is 5.69 Å². The summed E-state index contributed by atoms with van der Waals surface area (Å²) in [6.07, 6.45) is 3.85. The third-order valence-corrected chi connectivity index (χ3v) is 3.74. The fraction of sp³-hybridized carbons (Fsp3) is 0.100. The zero-order valence-electron chi connectivity index (χ0n) is 13.7. The molecule has 25 heavy (non-hydrogen) atoms. The van der Waals surface area contributed by atoms with E-state index >= 15 is 0 Å². The molecule has 5 heteroatoms. The molecule has 1 heterocycles. The molecule has 0 saturated carbocycles. The van der Waals surface area contributed by atoms with E-state index in [9.17, 15) is 9.59 Å². The van der Waals surface area contributed by atoms with Gasteiger partial charge in [-0.3, -0.25) is 9.59 Å². The Morgan fingerprint density at radius 3 is 2.00 bits per heavy atom. The maximum Gasteiger partial charge on any atom is 0.251 e. The number of nitrogens with zero attached hydrogens (tertiary/aromatic N) is 1. The van der Waals surface area contributed by atoms with Crippen LogP contribution in [0.1, 0.15) is 20.7 Å². The predicted octanol–water partition coefficient (Wildman–Crippen LogP) is 2.64. The van der Waals surface area contributed by atoms with Gasteiger partial charge in [-0.1, -0.05) is 24.3 Å². The van der Waals surface area contributed by atoms with Gasteiger partial charge in [0, 0.05) is 42.3 Å². The highest BCUT2D eigenvalue weighted by atomic mass is 16.2. The van der Waals surface area contributed by atoms with Crippen LogP contribution in [0, 0.1) is 0 Å². The second-order valence-electron chi connectivity index (χ2n) is 5.52. The van der Waals surface area contributed by atoms with E-state index in [4.69, 9.17) is 0 Å². The van der Waals surface area contributed by atoms with Crippen LogP contribution in [0.25, 0.3) is 5.69 Å². The third kappa shape index (κ3) is 4.35. The molecule has 2 N–H and O–H groups in total. The molecule has 0 aliphatic carbocycles. The van der Waals surface area contributed by atoms with Crippen molar-refractivity contribution < 1.29 is 9.59 Å². The lowest BCUT2D eigenvalue weighted by atomic mass is 10.2. The molecule has 1 aromatic heterocycles. The number of carbonyl (C=O) groups excluding carboxylic acids is 2. The Balaban J connectivity index is 1.50. The van der Waals surface area contributed by atoms with Gasteiger partial charge in [0.15, 0.2) is 0 Å². The molecule has 0 spiro atoms. The first-order valence-corrected chi connectivity index (χ1v) is 8.09. The van der Waals surface area contributed by atoms with E-state index in [1.807, 2.05) is 65.5 Å². The molecule has 3 aromatic rings. The molecule has 126 valence electrons. The summed E-state index contributed by atoms with van der Waals surface area (Å²) in [5.41, 5.74) is 2.11. The Morgan fingerprint density at radius 2 is 1.32 bits per heavy atom. The number of carbonyl (C=O) groups is 2. The minimum absolute atomic E-state index is 0.149. The van der Waals surface area contributed by atoms with Crippen molar-refractivity contribution in [3.05, 3.63) is 90.3 Å². The zero-order chi connectivity index (χ0) is 17.5. The Labute approximate surface area is 146 Å². The van der Waals surface area contributed by atoms with Crippen molar-refractivity contribution in [2.75, 3.05) is 13.1 Å². The third-order valence-electron chi connectivity index (χ3n) is 3.74. The first-order valence-electron chi connectivity index (χ1n) is 8.09. The summed E-state index contributed by atoms with van der Waals surface area (Å²) in [5.74, 6) is -0.313. The van der Waals surface area contributed by atoms with Crippen LogP contribution in [-0.4, -0.2) is 29.5 Å². The summed E-state index contributed by atoms with van der Waals surface area (Å²) in [6.45, 7) is 0.738. The molecule has 5 nitrogen and oxygen atoms in total. The summed E-state index contributed by atoms with van der Waals surface area (Å²) < 4.78 is 1.94. The van der Waals surface area contributed by atoms with Crippen LogP contribution in [0.15, 0.2) is 79.1 Å². The maximum atomic E-state index is 12.2. The lowest BCUT2D eigenvalue weighted by Crippen LogP contribution is -2.34. The topological polar surface area (TPSA) is 63.1 Å². The fourth-order valence-electron chi connectivity index (χ4n) is 2.46. The fourth-order valence-corrected chi connectivity index (χ4v) is 2.46. The molecule has 0 saturated heterocycles. The van der Waals surface area contributed by atoms with E-state index < -0.39 is 0 Å². The largest absolute Gasteiger partial charge is 0.350 e. The molecule has 0 bridgehead atoms. The van der Waals surface area contributed by atoms with Crippen molar-refractivity contribution in [1.29, 1.82) is 0 Å². The van der Waals surface area contributed by atoms with E-state index in [-0.39, 0.29) is 11.8 Å². The monoisotopic (exact) mass is 333 g/mol. The summed E-state index contributed by atoms with van der Waals surface area (Å²) in [7, 11) is 0. The molecular weight excluding hydrogens is 314 g/mol. The van der Waals surface area contributed by atoms with E-state index in [0.29, 0.717) is 24.2 Å². The number of amides is 2. The lowest BCUT2D eigenvalue weighted by molar-refractivity contribution is 0.0927. The highest BCUT2D eigenvalue weighted by molar-refractivity contribution is 5.95. The second kappa shape index (κ2) is 7.97. The SMILES string of the molecule is O=C(NCCNC(=O)c1cccc(-n2cccc2)c1)c1ccccc1. The van der Waals surface area contributed by atoms with E-state index in [1.54, 1.807) is 18.2 Å². The number of rotatable bonds is 6. The highest BCUT2D eigenvalue weighted by Gasteiger charge is 2.07. The average Bonchev–Trinajstić information content (AvgIpc) is 3.20. The van der Waals surface area contributed by atoms with Gasteiger partial charge < -0.3 is 15.2 Å². The van der Waals surface area contributed by atoms with Crippen molar-refractivity contribution in [1.82, 2.24) is 15.2 Å². The molecule has 0 unspecified atom stereocenters. The van der Waals surface area contributed by atoms with Gasteiger partial charge in [-0.2, -0.15) is 0 Å². The number of hydrogen-bond donors (Lipinski definition) is 2. The average molecular weight is 333 g/mol. The van der Waals surface area contributed by atoms with Gasteiger partial charge in [0.2, 0.25) is 0 Å². The van der Waals surface area contributed by atoms with Crippen molar-refractivity contribution in [2.45, 2.75) is 0 Å². The zero-order valence-corrected chi connectivity index (χ0v) is 13.7. The molecule has 0 aliphatic rings. The van der Waals surface area contributed by atoms with E-state index in [1.165, 1.54) is 0 Å².